The summed E-state index contributed by atoms with van der Waals surface area (Å²) in [5.41, 5.74) is 0. The van der Waals surface area contributed by atoms with Crippen LogP contribution in [0.1, 0.15) is 25.7 Å². The highest BCUT2D eigenvalue weighted by Crippen LogP contribution is 2.36. The predicted octanol–water partition coefficient (Wildman–Crippen LogP) is 1.55. The molecule has 2 aliphatic heterocycles. The van der Waals surface area contributed by atoms with Crippen LogP contribution in [0.4, 0.5) is 0 Å². The van der Waals surface area contributed by atoms with E-state index in [0.29, 0.717) is 6.54 Å². The zero-order chi connectivity index (χ0) is 17.8. The first-order valence-electron chi connectivity index (χ1n) is 9.42. The minimum absolute atomic E-state index is 0.118. The molecule has 0 aromatic heterocycles. The fraction of sp³-hybridized carbons (Fsp3) is 0.632. The summed E-state index contributed by atoms with van der Waals surface area (Å²) in [6.07, 6.45) is 3.96. The van der Waals surface area contributed by atoms with E-state index in [4.69, 9.17) is 18.9 Å². The van der Waals surface area contributed by atoms with Gasteiger partial charge in [0.15, 0.2) is 11.5 Å². The van der Waals surface area contributed by atoms with Gasteiger partial charge in [-0.15, -0.1) is 0 Å². The Morgan fingerprint density at radius 3 is 2.69 bits per heavy atom. The van der Waals surface area contributed by atoms with E-state index in [9.17, 15) is 4.79 Å². The summed E-state index contributed by atoms with van der Waals surface area (Å²) in [7, 11) is 0. The summed E-state index contributed by atoms with van der Waals surface area (Å²) in [6, 6.07) is 5.94. The fourth-order valence-corrected chi connectivity index (χ4v) is 3.70. The van der Waals surface area contributed by atoms with Crippen LogP contribution in [-0.4, -0.2) is 62.6 Å². The fourth-order valence-electron chi connectivity index (χ4n) is 3.70. The summed E-state index contributed by atoms with van der Waals surface area (Å²) in [5, 5.41) is 3.17. The minimum Gasteiger partial charge on any atom is -0.490 e. The Hall–Kier alpha value is -1.99. The van der Waals surface area contributed by atoms with Crippen molar-refractivity contribution in [2.75, 3.05) is 39.6 Å². The topological polar surface area (TPSA) is 69.3 Å². The summed E-state index contributed by atoms with van der Waals surface area (Å²) < 4.78 is 22.1. The Bertz CT molecular complexity index is 624. The van der Waals surface area contributed by atoms with Gasteiger partial charge in [0.05, 0.1) is 25.9 Å². The maximum atomic E-state index is 12.2. The Morgan fingerprint density at radius 2 is 1.88 bits per heavy atom. The highest BCUT2D eigenvalue weighted by atomic mass is 16.7. The van der Waals surface area contributed by atoms with Crippen molar-refractivity contribution in [3.8, 4) is 17.2 Å². The van der Waals surface area contributed by atoms with Crippen molar-refractivity contribution in [2.24, 2.45) is 0 Å². The van der Waals surface area contributed by atoms with Crippen molar-refractivity contribution in [3.05, 3.63) is 18.2 Å². The lowest BCUT2D eigenvalue weighted by Crippen LogP contribution is -2.47. The number of carbonyl (C=O) groups is 1. The van der Waals surface area contributed by atoms with E-state index in [-0.39, 0.29) is 24.8 Å². The highest BCUT2D eigenvalue weighted by Gasteiger charge is 2.25. The van der Waals surface area contributed by atoms with Gasteiger partial charge in [-0.3, -0.25) is 9.69 Å². The number of nitrogens with zero attached hydrogens (tertiary/aromatic N) is 1. The number of rotatable bonds is 5. The molecule has 7 nitrogen and oxygen atoms in total. The molecule has 0 radical (unpaired) electrons. The number of fused-ring (bicyclic) bond motifs is 1. The maximum Gasteiger partial charge on any atom is 0.234 e. The third-order valence-electron chi connectivity index (χ3n) is 5.16. The van der Waals surface area contributed by atoms with Crippen LogP contribution < -0.4 is 19.5 Å². The van der Waals surface area contributed by atoms with Crippen molar-refractivity contribution in [1.82, 2.24) is 10.2 Å². The molecule has 26 heavy (non-hydrogen) atoms. The molecule has 0 atom stereocenters. The van der Waals surface area contributed by atoms with Crippen LogP contribution in [0.2, 0.25) is 0 Å². The quantitative estimate of drug-likeness (QED) is 0.857. The second kappa shape index (κ2) is 8.14. The number of morpholine rings is 1. The minimum atomic E-state index is 0.118. The highest BCUT2D eigenvalue weighted by molar-refractivity contribution is 5.78. The van der Waals surface area contributed by atoms with E-state index in [1.165, 1.54) is 0 Å². The molecule has 0 spiro atoms. The number of carbonyl (C=O) groups excluding carboxylic acids is 1. The van der Waals surface area contributed by atoms with Gasteiger partial charge in [-0.1, -0.05) is 0 Å². The standard InChI is InChI=1S/C19H26N2O5/c22-19(12-21-7-9-23-10-8-21)20-14-1-3-15(4-2-14)26-16-5-6-17-18(11-16)25-13-24-17/h5-6,11,14-15H,1-4,7-10,12-13H2,(H,20,22). The van der Waals surface area contributed by atoms with E-state index < -0.39 is 0 Å². The van der Waals surface area contributed by atoms with Crippen molar-refractivity contribution in [1.29, 1.82) is 0 Å². The monoisotopic (exact) mass is 362 g/mol. The maximum absolute atomic E-state index is 12.2. The van der Waals surface area contributed by atoms with Crippen LogP contribution in [0, 0.1) is 0 Å². The molecule has 1 aromatic rings. The molecular weight excluding hydrogens is 336 g/mol. The van der Waals surface area contributed by atoms with E-state index in [1.807, 2.05) is 18.2 Å². The van der Waals surface area contributed by atoms with Crippen molar-refractivity contribution in [3.63, 3.8) is 0 Å². The lowest BCUT2D eigenvalue weighted by molar-refractivity contribution is -0.124. The molecule has 1 aromatic carbocycles. The molecule has 3 aliphatic rings. The number of amides is 1. The third-order valence-corrected chi connectivity index (χ3v) is 5.16. The van der Waals surface area contributed by atoms with E-state index in [2.05, 4.69) is 10.2 Å². The normalized spacial score (nSPS) is 25.7. The molecule has 0 unspecified atom stereocenters. The van der Waals surface area contributed by atoms with E-state index >= 15 is 0 Å². The Kier molecular flexibility index (Phi) is 5.45. The summed E-state index contributed by atoms with van der Waals surface area (Å²) in [5.74, 6) is 2.44. The molecule has 4 rings (SSSR count). The van der Waals surface area contributed by atoms with Crippen molar-refractivity contribution >= 4 is 5.91 Å². The summed E-state index contributed by atoms with van der Waals surface area (Å²) in [6.45, 7) is 3.85. The van der Waals surface area contributed by atoms with Crippen LogP contribution in [0.25, 0.3) is 0 Å². The van der Waals surface area contributed by atoms with Gasteiger partial charge in [0.25, 0.3) is 0 Å². The van der Waals surface area contributed by atoms with Gasteiger partial charge in [0.1, 0.15) is 5.75 Å². The largest absolute Gasteiger partial charge is 0.490 e. The van der Waals surface area contributed by atoms with Gasteiger partial charge in [-0.25, -0.2) is 0 Å². The first kappa shape index (κ1) is 17.4. The van der Waals surface area contributed by atoms with E-state index in [0.717, 1.165) is 69.2 Å². The summed E-state index contributed by atoms with van der Waals surface area (Å²) in [4.78, 5) is 14.4. The van der Waals surface area contributed by atoms with Crippen molar-refractivity contribution < 1.29 is 23.7 Å². The molecule has 1 saturated heterocycles. The zero-order valence-electron chi connectivity index (χ0n) is 14.9. The summed E-state index contributed by atoms with van der Waals surface area (Å²) >= 11 is 0. The zero-order valence-corrected chi connectivity index (χ0v) is 14.9. The smallest absolute Gasteiger partial charge is 0.234 e. The second-order valence-corrected chi connectivity index (χ2v) is 7.06. The van der Waals surface area contributed by atoms with Crippen LogP contribution in [0.3, 0.4) is 0 Å². The van der Waals surface area contributed by atoms with Gasteiger partial charge in [0, 0.05) is 25.2 Å². The lowest BCUT2D eigenvalue weighted by Gasteiger charge is -2.31. The molecule has 1 saturated carbocycles. The first-order valence-corrected chi connectivity index (χ1v) is 9.42. The third kappa shape index (κ3) is 4.40. The number of ether oxygens (including phenoxy) is 4. The number of hydrogen-bond donors (Lipinski definition) is 1. The number of hydrogen-bond acceptors (Lipinski definition) is 6. The average molecular weight is 362 g/mol. The second-order valence-electron chi connectivity index (χ2n) is 7.06. The molecule has 1 amide bonds. The lowest BCUT2D eigenvalue weighted by atomic mass is 9.93. The SMILES string of the molecule is O=C(CN1CCOCC1)NC1CCC(Oc2ccc3c(c2)OCO3)CC1. The van der Waals surface area contributed by atoms with Crippen molar-refractivity contribution in [2.45, 2.75) is 37.8 Å². The van der Waals surface area contributed by atoms with Crippen LogP contribution in [0.5, 0.6) is 17.2 Å². The molecule has 1 N–H and O–H groups in total. The van der Waals surface area contributed by atoms with Gasteiger partial charge in [-0.2, -0.15) is 0 Å². The molecule has 7 heteroatoms. The Morgan fingerprint density at radius 1 is 1.12 bits per heavy atom. The van der Waals surface area contributed by atoms with Crippen LogP contribution >= 0.6 is 0 Å². The number of benzene rings is 1. The Balaban J connectivity index is 1.19. The first-order chi connectivity index (χ1) is 12.8. The Labute approximate surface area is 153 Å². The van der Waals surface area contributed by atoms with Gasteiger partial charge in [0.2, 0.25) is 12.7 Å². The molecule has 142 valence electrons. The van der Waals surface area contributed by atoms with Crippen LogP contribution in [0.15, 0.2) is 18.2 Å². The average Bonchev–Trinajstić information content (AvgIpc) is 3.12. The predicted molar refractivity (Wildman–Crippen MR) is 94.6 cm³/mol. The van der Waals surface area contributed by atoms with Gasteiger partial charge >= 0.3 is 0 Å². The molecule has 1 aliphatic carbocycles. The van der Waals surface area contributed by atoms with Crippen LogP contribution in [-0.2, 0) is 9.53 Å². The molecule has 0 bridgehead atoms. The molecule has 2 fully saturated rings. The molecule has 2 heterocycles. The molecular formula is C19H26N2O5. The number of nitrogens with one attached hydrogen (secondary N) is 1. The van der Waals surface area contributed by atoms with Gasteiger partial charge < -0.3 is 24.3 Å². The van der Waals surface area contributed by atoms with Gasteiger partial charge in [-0.05, 0) is 37.8 Å². The van der Waals surface area contributed by atoms with E-state index in [1.54, 1.807) is 0 Å².